The second-order valence-electron chi connectivity index (χ2n) is 4.01. The Balaban J connectivity index is 1.97. The minimum atomic E-state index is -0.265. The number of benzene rings is 1. The molecule has 1 aromatic carbocycles. The number of fused-ring (bicyclic) bond motifs is 1. The quantitative estimate of drug-likeness (QED) is 0.700. The number of aromatic nitrogens is 1. The molecule has 1 atom stereocenters. The molecule has 3 rings (SSSR count). The predicted molar refractivity (Wildman–Crippen MR) is 62.5 cm³/mol. The van der Waals surface area contributed by atoms with Crippen molar-refractivity contribution in [2.24, 2.45) is 0 Å². The molecule has 0 amide bonds. The number of hydrogen-bond donors (Lipinski definition) is 0. The van der Waals surface area contributed by atoms with Gasteiger partial charge in [0.1, 0.15) is 6.10 Å². The predicted octanol–water partition coefficient (Wildman–Crippen LogP) is 2.54. The van der Waals surface area contributed by atoms with Crippen molar-refractivity contribution in [2.75, 3.05) is 0 Å². The van der Waals surface area contributed by atoms with Crippen LogP contribution in [0.25, 0.3) is 0 Å². The Kier molecular flexibility index (Phi) is 2.37. The number of cyclic esters (lactones) is 1. The summed E-state index contributed by atoms with van der Waals surface area (Å²) >= 11 is 0. The minimum Gasteiger partial charge on any atom is -0.452 e. The maximum absolute atomic E-state index is 11.8. The lowest BCUT2D eigenvalue weighted by atomic mass is 9.97. The molecule has 0 unspecified atom stereocenters. The van der Waals surface area contributed by atoms with Crippen LogP contribution in [-0.2, 0) is 11.2 Å². The molecule has 1 aromatic heterocycles. The Morgan fingerprint density at radius 1 is 1.12 bits per heavy atom. The third-order valence-electron chi connectivity index (χ3n) is 2.91. The average molecular weight is 225 g/mol. The van der Waals surface area contributed by atoms with Gasteiger partial charge in [0.15, 0.2) is 0 Å². The van der Waals surface area contributed by atoms with E-state index in [4.69, 9.17) is 4.74 Å². The van der Waals surface area contributed by atoms with Crippen LogP contribution < -0.4 is 0 Å². The number of carbonyl (C=O) groups excluding carboxylic acids is 1. The fourth-order valence-corrected chi connectivity index (χ4v) is 2.06. The lowest BCUT2D eigenvalue weighted by Crippen LogP contribution is -2.22. The molecule has 0 saturated heterocycles. The van der Waals surface area contributed by atoms with Gasteiger partial charge in [0.05, 0.1) is 11.3 Å². The van der Waals surface area contributed by atoms with Crippen LogP contribution in [0.3, 0.4) is 0 Å². The van der Waals surface area contributed by atoms with Gasteiger partial charge in [-0.15, -0.1) is 0 Å². The average Bonchev–Trinajstić information content (AvgIpc) is 2.40. The van der Waals surface area contributed by atoms with E-state index in [9.17, 15) is 4.79 Å². The topological polar surface area (TPSA) is 39.2 Å². The fourth-order valence-electron chi connectivity index (χ4n) is 2.06. The fraction of sp³-hybridized carbons (Fsp3) is 0.143. The van der Waals surface area contributed by atoms with Gasteiger partial charge in [-0.05, 0) is 23.8 Å². The van der Waals surface area contributed by atoms with Crippen LogP contribution in [0.4, 0.5) is 0 Å². The smallest absolute Gasteiger partial charge is 0.339 e. The number of pyridine rings is 1. The molecule has 1 aliphatic rings. The number of carbonyl (C=O) groups is 1. The van der Waals surface area contributed by atoms with E-state index in [1.54, 1.807) is 12.3 Å². The van der Waals surface area contributed by atoms with Gasteiger partial charge in [0.2, 0.25) is 0 Å². The summed E-state index contributed by atoms with van der Waals surface area (Å²) in [4.78, 5) is 16.1. The van der Waals surface area contributed by atoms with Gasteiger partial charge in [-0.1, -0.05) is 24.3 Å². The third-order valence-corrected chi connectivity index (χ3v) is 2.91. The van der Waals surface area contributed by atoms with Crippen LogP contribution >= 0.6 is 0 Å². The van der Waals surface area contributed by atoms with E-state index in [2.05, 4.69) is 4.98 Å². The van der Waals surface area contributed by atoms with Crippen molar-refractivity contribution in [3.8, 4) is 0 Å². The SMILES string of the molecule is O=C1O[C@H](c2ccccn2)Cc2ccccc21. The van der Waals surface area contributed by atoms with Crippen molar-refractivity contribution in [3.63, 3.8) is 0 Å². The van der Waals surface area contributed by atoms with Crippen molar-refractivity contribution in [1.29, 1.82) is 0 Å². The first-order valence-corrected chi connectivity index (χ1v) is 5.54. The zero-order valence-electron chi connectivity index (χ0n) is 9.17. The Bertz CT molecular complexity index is 551. The molecule has 2 heterocycles. The molecule has 0 spiro atoms. The summed E-state index contributed by atoms with van der Waals surface area (Å²) in [5.74, 6) is -0.262. The summed E-state index contributed by atoms with van der Waals surface area (Å²) in [5.41, 5.74) is 2.49. The van der Waals surface area contributed by atoms with Crippen molar-refractivity contribution in [3.05, 3.63) is 65.5 Å². The highest BCUT2D eigenvalue weighted by atomic mass is 16.5. The van der Waals surface area contributed by atoms with Crippen molar-refractivity contribution >= 4 is 5.97 Å². The first-order chi connectivity index (χ1) is 8.34. The number of esters is 1. The molecule has 0 fully saturated rings. The van der Waals surface area contributed by atoms with Crippen LogP contribution in [0.15, 0.2) is 48.7 Å². The summed E-state index contributed by atoms with van der Waals surface area (Å²) in [5, 5.41) is 0. The standard InChI is InChI=1S/C14H11NO2/c16-14-11-6-2-1-5-10(11)9-13(17-14)12-7-3-4-8-15-12/h1-8,13H,9H2/t13-/m0/s1. The highest BCUT2D eigenvalue weighted by Crippen LogP contribution is 2.28. The second-order valence-corrected chi connectivity index (χ2v) is 4.01. The molecule has 1 aliphatic heterocycles. The zero-order valence-corrected chi connectivity index (χ0v) is 9.17. The monoisotopic (exact) mass is 225 g/mol. The zero-order chi connectivity index (χ0) is 11.7. The lowest BCUT2D eigenvalue weighted by Gasteiger charge is -2.23. The number of nitrogens with zero attached hydrogens (tertiary/aromatic N) is 1. The Morgan fingerprint density at radius 3 is 2.76 bits per heavy atom. The van der Waals surface area contributed by atoms with Crippen molar-refractivity contribution < 1.29 is 9.53 Å². The van der Waals surface area contributed by atoms with Gasteiger partial charge < -0.3 is 4.74 Å². The molecular weight excluding hydrogens is 214 g/mol. The van der Waals surface area contributed by atoms with E-state index >= 15 is 0 Å². The second kappa shape index (κ2) is 4.01. The van der Waals surface area contributed by atoms with E-state index in [0.29, 0.717) is 12.0 Å². The summed E-state index contributed by atoms with van der Waals surface area (Å²) in [6.45, 7) is 0. The highest BCUT2D eigenvalue weighted by Gasteiger charge is 2.27. The van der Waals surface area contributed by atoms with Crippen LogP contribution in [0.5, 0.6) is 0 Å². The molecule has 0 saturated carbocycles. The number of hydrogen-bond acceptors (Lipinski definition) is 3. The summed E-state index contributed by atoms with van der Waals surface area (Å²) in [7, 11) is 0. The number of rotatable bonds is 1. The molecule has 0 aliphatic carbocycles. The molecule has 3 nitrogen and oxygen atoms in total. The van der Waals surface area contributed by atoms with Gasteiger partial charge in [0, 0.05) is 12.6 Å². The maximum Gasteiger partial charge on any atom is 0.339 e. The molecular formula is C14H11NO2. The van der Waals surface area contributed by atoms with Crippen molar-refractivity contribution in [2.45, 2.75) is 12.5 Å². The summed E-state index contributed by atoms with van der Waals surface area (Å²) in [6, 6.07) is 13.2. The van der Waals surface area contributed by atoms with E-state index in [1.807, 2.05) is 36.4 Å². The van der Waals surface area contributed by atoms with Gasteiger partial charge in [-0.2, -0.15) is 0 Å². The van der Waals surface area contributed by atoms with E-state index < -0.39 is 0 Å². The normalized spacial score (nSPS) is 18.4. The molecule has 0 radical (unpaired) electrons. The Hall–Kier alpha value is -2.16. The highest BCUT2D eigenvalue weighted by molar-refractivity contribution is 5.92. The van der Waals surface area contributed by atoms with Crippen LogP contribution in [-0.4, -0.2) is 11.0 Å². The van der Waals surface area contributed by atoms with E-state index in [0.717, 1.165) is 11.3 Å². The van der Waals surface area contributed by atoms with Crippen LogP contribution in [0, 0.1) is 0 Å². The molecule has 3 heteroatoms. The lowest BCUT2D eigenvalue weighted by molar-refractivity contribution is 0.0242. The molecule has 17 heavy (non-hydrogen) atoms. The van der Waals surface area contributed by atoms with Gasteiger partial charge in [-0.25, -0.2) is 4.79 Å². The minimum absolute atomic E-state index is 0.262. The Labute approximate surface area is 99.1 Å². The first-order valence-electron chi connectivity index (χ1n) is 5.54. The van der Waals surface area contributed by atoms with Gasteiger partial charge in [0.25, 0.3) is 0 Å². The van der Waals surface area contributed by atoms with Crippen LogP contribution in [0.1, 0.15) is 27.7 Å². The first kappa shape index (κ1) is 10.0. The van der Waals surface area contributed by atoms with Gasteiger partial charge in [-0.3, -0.25) is 4.98 Å². The van der Waals surface area contributed by atoms with Crippen molar-refractivity contribution in [1.82, 2.24) is 4.98 Å². The maximum atomic E-state index is 11.8. The van der Waals surface area contributed by atoms with Crippen LogP contribution in [0.2, 0.25) is 0 Å². The molecule has 2 aromatic rings. The van der Waals surface area contributed by atoms with Gasteiger partial charge >= 0.3 is 5.97 Å². The summed E-state index contributed by atoms with van der Waals surface area (Å²) < 4.78 is 5.40. The largest absolute Gasteiger partial charge is 0.452 e. The third kappa shape index (κ3) is 1.80. The van der Waals surface area contributed by atoms with E-state index in [1.165, 1.54) is 0 Å². The Morgan fingerprint density at radius 2 is 1.94 bits per heavy atom. The van der Waals surface area contributed by atoms with E-state index in [-0.39, 0.29) is 12.1 Å². The number of ether oxygens (including phenoxy) is 1. The molecule has 0 N–H and O–H groups in total. The summed E-state index contributed by atoms with van der Waals surface area (Å²) in [6.07, 6.45) is 2.14. The molecule has 84 valence electrons. The molecule has 0 bridgehead atoms.